The largest absolute Gasteiger partial charge is 0.497 e. The molecule has 3 nitrogen and oxygen atoms in total. The van der Waals surface area contributed by atoms with Crippen molar-refractivity contribution in [1.82, 2.24) is 4.90 Å². The number of carbonyl (C=O) groups is 1. The summed E-state index contributed by atoms with van der Waals surface area (Å²) in [6.07, 6.45) is 4.06. The highest BCUT2D eigenvalue weighted by Gasteiger charge is 2.36. The smallest absolute Gasteiger partial charge is 0.182 e. The molecule has 3 aliphatic rings. The van der Waals surface area contributed by atoms with Crippen molar-refractivity contribution in [1.29, 1.82) is 0 Å². The Bertz CT molecular complexity index is 482. The van der Waals surface area contributed by atoms with Crippen molar-refractivity contribution in [3.8, 4) is 5.75 Å². The first-order valence-electron chi connectivity index (χ1n) is 6.43. The average Bonchev–Trinajstić information content (AvgIpc) is 2.44. The maximum absolute atomic E-state index is 12.2. The lowest BCUT2D eigenvalue weighted by Gasteiger charge is -2.41. The van der Waals surface area contributed by atoms with E-state index in [4.69, 9.17) is 4.74 Å². The average molecular weight is 243 g/mol. The van der Waals surface area contributed by atoms with Gasteiger partial charge < -0.3 is 9.64 Å². The zero-order chi connectivity index (χ0) is 12.5. The first-order valence-corrected chi connectivity index (χ1v) is 6.43. The lowest BCUT2D eigenvalue weighted by molar-refractivity contribution is -0.125. The molecule has 0 amide bonds. The number of ketones is 1. The Morgan fingerprint density at radius 3 is 2.44 bits per heavy atom. The van der Waals surface area contributed by atoms with Crippen LogP contribution in [0.3, 0.4) is 0 Å². The van der Waals surface area contributed by atoms with Crippen molar-refractivity contribution in [3.05, 3.63) is 35.5 Å². The third-order valence-corrected chi connectivity index (χ3v) is 3.88. The van der Waals surface area contributed by atoms with Gasteiger partial charge in [-0.25, -0.2) is 0 Å². The number of allylic oxidation sites excluding steroid dienone is 1. The summed E-state index contributed by atoms with van der Waals surface area (Å²) < 4.78 is 5.13. The van der Waals surface area contributed by atoms with E-state index in [0.717, 1.165) is 42.9 Å². The molecule has 0 unspecified atom stereocenters. The number of methoxy groups -OCH3 is 1. The minimum absolute atomic E-state index is 0.263. The molecule has 3 saturated heterocycles. The van der Waals surface area contributed by atoms with E-state index in [2.05, 4.69) is 4.90 Å². The quantitative estimate of drug-likeness (QED) is 0.747. The lowest BCUT2D eigenvalue weighted by Crippen LogP contribution is -2.45. The zero-order valence-corrected chi connectivity index (χ0v) is 10.6. The van der Waals surface area contributed by atoms with Crippen LogP contribution in [0.2, 0.25) is 0 Å². The SMILES string of the molecule is COc1ccc(C=C2C(=O)C3CCN2CC3)cc1. The van der Waals surface area contributed by atoms with Crippen molar-refractivity contribution in [2.75, 3.05) is 20.2 Å². The van der Waals surface area contributed by atoms with Gasteiger partial charge in [-0.3, -0.25) is 4.79 Å². The number of rotatable bonds is 2. The second kappa shape index (κ2) is 4.48. The maximum atomic E-state index is 12.2. The van der Waals surface area contributed by atoms with Crippen molar-refractivity contribution in [3.63, 3.8) is 0 Å². The molecule has 3 heterocycles. The van der Waals surface area contributed by atoms with Crippen molar-refractivity contribution in [2.45, 2.75) is 12.8 Å². The molecule has 1 aromatic carbocycles. The Balaban J connectivity index is 1.88. The lowest BCUT2D eigenvalue weighted by atomic mass is 9.84. The molecule has 0 aliphatic carbocycles. The normalized spacial score (nSPS) is 21.7. The maximum Gasteiger partial charge on any atom is 0.182 e. The predicted molar refractivity (Wildman–Crippen MR) is 70.3 cm³/mol. The summed E-state index contributed by atoms with van der Waals surface area (Å²) in [5, 5.41) is 0. The monoisotopic (exact) mass is 243 g/mol. The Morgan fingerprint density at radius 2 is 1.89 bits per heavy atom. The Kier molecular flexibility index (Phi) is 2.82. The van der Waals surface area contributed by atoms with E-state index in [1.165, 1.54) is 0 Å². The fourth-order valence-electron chi connectivity index (χ4n) is 2.77. The van der Waals surface area contributed by atoms with E-state index < -0.39 is 0 Å². The van der Waals surface area contributed by atoms with E-state index in [9.17, 15) is 4.79 Å². The molecule has 0 radical (unpaired) electrons. The molecular formula is C15H17NO2. The molecule has 0 spiro atoms. The highest BCUT2D eigenvalue weighted by Crippen LogP contribution is 2.32. The van der Waals surface area contributed by atoms with Crippen LogP contribution < -0.4 is 4.74 Å². The highest BCUT2D eigenvalue weighted by molar-refractivity contribution is 6.01. The third kappa shape index (κ3) is 1.90. The van der Waals surface area contributed by atoms with Gasteiger partial charge in [0.2, 0.25) is 0 Å². The molecule has 0 saturated carbocycles. The molecule has 18 heavy (non-hydrogen) atoms. The van der Waals surface area contributed by atoms with Crippen molar-refractivity contribution < 1.29 is 9.53 Å². The Labute approximate surface area is 107 Å². The van der Waals surface area contributed by atoms with Gasteiger partial charge in [0.1, 0.15) is 5.75 Å². The number of benzene rings is 1. The number of carbonyl (C=O) groups excluding carboxylic acids is 1. The van der Waals surface area contributed by atoms with E-state index in [-0.39, 0.29) is 5.92 Å². The van der Waals surface area contributed by atoms with Crippen molar-refractivity contribution >= 4 is 11.9 Å². The van der Waals surface area contributed by atoms with Gasteiger partial charge in [-0.05, 0) is 36.6 Å². The van der Waals surface area contributed by atoms with Crippen LogP contribution in [-0.2, 0) is 4.79 Å². The first kappa shape index (κ1) is 11.3. The molecule has 2 bridgehead atoms. The summed E-state index contributed by atoms with van der Waals surface area (Å²) >= 11 is 0. The fraction of sp³-hybridized carbons (Fsp3) is 0.400. The first-order chi connectivity index (χ1) is 8.78. The van der Waals surface area contributed by atoms with E-state index in [1.807, 2.05) is 30.3 Å². The molecular weight excluding hydrogens is 226 g/mol. The molecule has 3 aliphatic heterocycles. The van der Waals surface area contributed by atoms with Crippen LogP contribution in [0.1, 0.15) is 18.4 Å². The van der Waals surface area contributed by atoms with Crippen LogP contribution in [0.5, 0.6) is 5.75 Å². The fourth-order valence-corrected chi connectivity index (χ4v) is 2.77. The second-order valence-corrected chi connectivity index (χ2v) is 4.93. The van der Waals surface area contributed by atoms with Gasteiger partial charge in [0.25, 0.3) is 0 Å². The van der Waals surface area contributed by atoms with Crippen LogP contribution in [-0.4, -0.2) is 30.9 Å². The summed E-state index contributed by atoms with van der Waals surface area (Å²) in [4.78, 5) is 14.4. The topological polar surface area (TPSA) is 29.5 Å². The summed E-state index contributed by atoms with van der Waals surface area (Å²) in [6.45, 7) is 2.05. The number of fused-ring (bicyclic) bond motifs is 3. The molecule has 3 fully saturated rings. The molecule has 1 aromatic rings. The molecule has 0 atom stereocenters. The third-order valence-electron chi connectivity index (χ3n) is 3.88. The van der Waals surface area contributed by atoms with Gasteiger partial charge in [-0.2, -0.15) is 0 Å². The molecule has 0 N–H and O–H groups in total. The van der Waals surface area contributed by atoms with Crippen LogP contribution in [0.25, 0.3) is 6.08 Å². The summed E-state index contributed by atoms with van der Waals surface area (Å²) in [6, 6.07) is 7.82. The minimum atomic E-state index is 0.263. The minimum Gasteiger partial charge on any atom is -0.497 e. The van der Waals surface area contributed by atoms with Gasteiger partial charge in [-0.1, -0.05) is 12.1 Å². The number of hydrogen-bond acceptors (Lipinski definition) is 3. The van der Waals surface area contributed by atoms with Gasteiger partial charge in [-0.15, -0.1) is 0 Å². The van der Waals surface area contributed by atoms with Gasteiger partial charge >= 0.3 is 0 Å². The Morgan fingerprint density at radius 1 is 1.22 bits per heavy atom. The molecule has 94 valence electrons. The molecule has 3 heteroatoms. The summed E-state index contributed by atoms with van der Waals surface area (Å²) in [5.74, 6) is 1.43. The molecule has 0 aromatic heterocycles. The summed E-state index contributed by atoms with van der Waals surface area (Å²) in [5.41, 5.74) is 1.95. The van der Waals surface area contributed by atoms with Crippen molar-refractivity contribution in [2.24, 2.45) is 5.92 Å². The van der Waals surface area contributed by atoms with Crippen LogP contribution in [0, 0.1) is 5.92 Å². The van der Waals surface area contributed by atoms with E-state index >= 15 is 0 Å². The number of ether oxygens (including phenoxy) is 1. The Hall–Kier alpha value is -1.77. The standard InChI is InChI=1S/C15H17NO2/c1-18-13-4-2-11(3-5-13)10-14-15(17)12-6-8-16(14)9-7-12/h2-5,10,12H,6-9H2,1H3. The highest BCUT2D eigenvalue weighted by atomic mass is 16.5. The van der Waals surface area contributed by atoms with Gasteiger partial charge in [0.15, 0.2) is 5.78 Å². The number of Topliss-reactive ketones (excluding diaryl/α,β-unsaturated/α-hetero) is 1. The van der Waals surface area contributed by atoms with Gasteiger partial charge in [0.05, 0.1) is 12.8 Å². The number of hydrogen-bond donors (Lipinski definition) is 0. The van der Waals surface area contributed by atoms with E-state index in [1.54, 1.807) is 7.11 Å². The number of piperidine rings is 3. The second-order valence-electron chi connectivity index (χ2n) is 4.93. The van der Waals surface area contributed by atoms with Crippen LogP contribution in [0.4, 0.5) is 0 Å². The predicted octanol–water partition coefficient (Wildman–Crippen LogP) is 2.33. The zero-order valence-electron chi connectivity index (χ0n) is 10.6. The van der Waals surface area contributed by atoms with E-state index in [0.29, 0.717) is 5.78 Å². The summed E-state index contributed by atoms with van der Waals surface area (Å²) in [7, 11) is 1.66. The van der Waals surface area contributed by atoms with Crippen LogP contribution >= 0.6 is 0 Å². The number of nitrogens with zero attached hydrogens (tertiary/aromatic N) is 1. The van der Waals surface area contributed by atoms with Gasteiger partial charge in [0, 0.05) is 19.0 Å². The molecule has 4 rings (SSSR count). The van der Waals surface area contributed by atoms with Crippen LogP contribution in [0.15, 0.2) is 30.0 Å².